The highest BCUT2D eigenvalue weighted by Crippen LogP contribution is 2.49. The molecule has 1 saturated carbocycles. The van der Waals surface area contributed by atoms with Gasteiger partial charge in [-0.15, -0.1) is 9.42 Å². The fourth-order valence-electron chi connectivity index (χ4n) is 6.05. The third kappa shape index (κ3) is 6.54. The molecule has 3 aromatic carbocycles. The zero-order chi connectivity index (χ0) is 31.3. The summed E-state index contributed by atoms with van der Waals surface area (Å²) in [6.07, 6.45) is 2.67. The Balaban J connectivity index is 1.54. The number of hydrogen-bond donors (Lipinski definition) is 2. The first-order valence-electron chi connectivity index (χ1n) is 14.4. The van der Waals surface area contributed by atoms with Gasteiger partial charge in [0.05, 0.1) is 20.3 Å². The molecule has 0 aliphatic heterocycles. The Kier molecular flexibility index (Phi) is 9.46. The molecule has 230 valence electrons. The first-order chi connectivity index (χ1) is 21.2. The van der Waals surface area contributed by atoms with Gasteiger partial charge in [-0.2, -0.15) is 0 Å². The Morgan fingerprint density at radius 3 is 2.05 bits per heavy atom. The van der Waals surface area contributed by atoms with E-state index in [1.165, 1.54) is 10.8 Å². The molecule has 3 atom stereocenters. The van der Waals surface area contributed by atoms with Crippen molar-refractivity contribution < 1.29 is 28.2 Å². The average Bonchev–Trinajstić information content (AvgIpc) is 3.43. The number of nitrogens with one attached hydrogen (secondary N) is 1. The van der Waals surface area contributed by atoms with Gasteiger partial charge in [0.15, 0.2) is 0 Å². The summed E-state index contributed by atoms with van der Waals surface area (Å²) in [5, 5.41) is 0. The Morgan fingerprint density at radius 1 is 0.932 bits per heavy atom. The van der Waals surface area contributed by atoms with E-state index >= 15 is 0 Å². The Bertz CT molecular complexity index is 1660. The summed E-state index contributed by atoms with van der Waals surface area (Å²) in [5.41, 5.74) is -0.0399. The molecule has 5 rings (SSSR count). The fourth-order valence-corrected chi connectivity index (χ4v) is 6.64. The van der Waals surface area contributed by atoms with Crippen molar-refractivity contribution >= 4 is 8.25 Å². The Morgan fingerprint density at radius 2 is 1.50 bits per heavy atom. The second-order valence-corrected chi connectivity index (χ2v) is 11.7. The van der Waals surface area contributed by atoms with Gasteiger partial charge in [0.25, 0.3) is 5.56 Å². The summed E-state index contributed by atoms with van der Waals surface area (Å²) in [4.78, 5) is 36.5. The lowest BCUT2D eigenvalue weighted by Crippen LogP contribution is -2.38. The summed E-state index contributed by atoms with van der Waals surface area (Å²) >= 11 is 0. The van der Waals surface area contributed by atoms with E-state index in [9.17, 15) is 19.0 Å². The van der Waals surface area contributed by atoms with Crippen molar-refractivity contribution in [1.82, 2.24) is 9.55 Å². The van der Waals surface area contributed by atoms with Crippen LogP contribution in [0.5, 0.6) is 11.5 Å². The molecule has 0 amide bonds. The minimum Gasteiger partial charge on any atom is -0.497 e. The second kappa shape index (κ2) is 13.3. The SMILES string of the molecule is COc1ccc(C(O[C@@H]2CC[C@@](CCn3cc(C)c(=O)[nH]c3=O)(O[P+](=O)O)C2)(c2ccccc2)c2ccc(OC)cc2)cc1. The maximum absolute atomic E-state index is 12.5. The lowest BCUT2D eigenvalue weighted by Gasteiger charge is -2.38. The lowest BCUT2D eigenvalue weighted by molar-refractivity contribution is -0.0563. The van der Waals surface area contributed by atoms with Gasteiger partial charge in [0, 0.05) is 29.3 Å². The predicted octanol–water partition coefficient (Wildman–Crippen LogP) is 5.22. The molecule has 11 heteroatoms. The third-order valence-electron chi connectivity index (χ3n) is 8.31. The number of ether oxygens (including phenoxy) is 3. The van der Waals surface area contributed by atoms with Crippen LogP contribution in [0, 0.1) is 6.92 Å². The molecule has 10 nitrogen and oxygen atoms in total. The number of methoxy groups -OCH3 is 2. The van der Waals surface area contributed by atoms with Crippen molar-refractivity contribution in [3.05, 3.63) is 128 Å². The second-order valence-electron chi connectivity index (χ2n) is 11.0. The van der Waals surface area contributed by atoms with Crippen molar-refractivity contribution in [1.29, 1.82) is 0 Å². The zero-order valence-corrected chi connectivity index (χ0v) is 25.8. The van der Waals surface area contributed by atoms with Crippen LogP contribution in [0.1, 0.15) is 47.9 Å². The molecule has 0 saturated heterocycles. The highest BCUT2D eigenvalue weighted by Gasteiger charge is 2.50. The molecule has 1 aromatic heterocycles. The Labute approximate surface area is 256 Å². The number of nitrogens with zero attached hydrogens (tertiary/aromatic N) is 1. The van der Waals surface area contributed by atoms with Crippen molar-refractivity contribution in [2.45, 2.75) is 56.5 Å². The van der Waals surface area contributed by atoms with Crippen molar-refractivity contribution in [2.24, 2.45) is 0 Å². The van der Waals surface area contributed by atoms with E-state index < -0.39 is 30.7 Å². The van der Waals surface area contributed by atoms with E-state index in [0.29, 0.717) is 36.3 Å². The summed E-state index contributed by atoms with van der Waals surface area (Å²) in [7, 11) is 0.301. The minimum absolute atomic E-state index is 0.188. The fraction of sp³-hybridized carbons (Fsp3) is 0.333. The molecule has 2 N–H and O–H groups in total. The molecule has 44 heavy (non-hydrogen) atoms. The van der Waals surface area contributed by atoms with Crippen molar-refractivity contribution in [3.8, 4) is 11.5 Å². The highest BCUT2D eigenvalue weighted by molar-refractivity contribution is 7.32. The van der Waals surface area contributed by atoms with E-state index in [4.69, 9.17) is 18.7 Å². The molecule has 4 aromatic rings. The van der Waals surface area contributed by atoms with Gasteiger partial charge in [-0.05, 0) is 67.1 Å². The average molecular weight is 620 g/mol. The molecular weight excluding hydrogens is 583 g/mol. The molecular formula is C33H36N2O8P+. The van der Waals surface area contributed by atoms with Crippen LogP contribution in [0.2, 0.25) is 0 Å². The van der Waals surface area contributed by atoms with Crippen molar-refractivity contribution in [3.63, 3.8) is 0 Å². The maximum atomic E-state index is 12.5. The molecule has 1 heterocycles. The van der Waals surface area contributed by atoms with E-state index in [1.807, 2.05) is 78.9 Å². The summed E-state index contributed by atoms with van der Waals surface area (Å²) in [6, 6.07) is 25.4. The number of aromatic nitrogens is 2. The molecule has 1 unspecified atom stereocenters. The largest absolute Gasteiger partial charge is 0.695 e. The maximum Gasteiger partial charge on any atom is 0.695 e. The summed E-state index contributed by atoms with van der Waals surface area (Å²) in [5.74, 6) is 1.41. The topological polar surface area (TPSA) is 129 Å². The number of hydrogen-bond acceptors (Lipinski definition) is 7. The number of rotatable bonds is 12. The third-order valence-corrected chi connectivity index (χ3v) is 8.85. The van der Waals surface area contributed by atoms with E-state index in [2.05, 4.69) is 4.98 Å². The van der Waals surface area contributed by atoms with Gasteiger partial charge >= 0.3 is 13.9 Å². The first-order valence-corrected chi connectivity index (χ1v) is 15.5. The predicted molar refractivity (Wildman–Crippen MR) is 165 cm³/mol. The summed E-state index contributed by atoms with van der Waals surface area (Å²) < 4.78 is 37.2. The number of aryl methyl sites for hydroxylation is 2. The van der Waals surface area contributed by atoms with Gasteiger partial charge in [-0.1, -0.05) is 54.6 Å². The monoisotopic (exact) mass is 619 g/mol. The van der Waals surface area contributed by atoms with Gasteiger partial charge in [-0.3, -0.25) is 9.78 Å². The van der Waals surface area contributed by atoms with Crippen LogP contribution in [0.15, 0.2) is 94.6 Å². The van der Waals surface area contributed by atoms with Gasteiger partial charge in [0.2, 0.25) is 0 Å². The van der Waals surface area contributed by atoms with E-state index in [-0.39, 0.29) is 19.1 Å². The van der Waals surface area contributed by atoms with Gasteiger partial charge in [0.1, 0.15) is 22.7 Å². The van der Waals surface area contributed by atoms with Gasteiger partial charge < -0.3 is 18.8 Å². The van der Waals surface area contributed by atoms with Crippen LogP contribution in [-0.4, -0.2) is 40.4 Å². The highest BCUT2D eigenvalue weighted by atomic mass is 31.1. The smallest absolute Gasteiger partial charge is 0.497 e. The molecule has 1 aliphatic carbocycles. The van der Waals surface area contributed by atoms with Crippen LogP contribution >= 0.6 is 8.25 Å². The molecule has 0 spiro atoms. The molecule has 1 fully saturated rings. The van der Waals surface area contributed by atoms with Crippen LogP contribution in [0.3, 0.4) is 0 Å². The van der Waals surface area contributed by atoms with E-state index in [0.717, 1.165) is 16.7 Å². The van der Waals surface area contributed by atoms with Crippen LogP contribution in [0.25, 0.3) is 0 Å². The number of H-pyrrole nitrogens is 1. The zero-order valence-electron chi connectivity index (χ0n) is 24.9. The Hall–Kier alpha value is -4.08. The lowest BCUT2D eigenvalue weighted by atomic mass is 9.79. The normalized spacial score (nSPS) is 18.6. The molecule has 0 radical (unpaired) electrons. The van der Waals surface area contributed by atoms with Crippen molar-refractivity contribution in [2.75, 3.05) is 14.2 Å². The van der Waals surface area contributed by atoms with Crippen LogP contribution < -0.4 is 20.7 Å². The molecule has 1 aliphatic rings. The van der Waals surface area contributed by atoms with Gasteiger partial charge in [-0.25, -0.2) is 4.79 Å². The standard InChI is InChI=1S/C33H35N2O8P/c1-23-22-35(31(37)34-30(23)36)20-19-32(43-44(38)39)18-17-29(21-32)42-33(24-7-5-4-6-8-24,25-9-13-27(40-2)14-10-25)26-11-15-28(41-3)16-12-26/h4-16,22,29H,17-21H2,1-3H3,(H-,34,36,37,38,39)/p+1/t29-,32+/m1/s1. The first kappa shape index (κ1) is 31.3. The minimum atomic E-state index is -2.93. The van der Waals surface area contributed by atoms with Crippen LogP contribution in [-0.2, 0) is 26.0 Å². The quantitative estimate of drug-likeness (QED) is 0.163. The number of aromatic amines is 1. The van der Waals surface area contributed by atoms with Crippen LogP contribution in [0.4, 0.5) is 0 Å². The molecule has 0 bridgehead atoms. The summed E-state index contributed by atoms with van der Waals surface area (Å²) in [6.45, 7) is 1.81. The van der Waals surface area contributed by atoms with E-state index in [1.54, 1.807) is 21.1 Å². The number of benzene rings is 3.